The van der Waals surface area contributed by atoms with Gasteiger partial charge in [0.05, 0.1) is 29.0 Å². The van der Waals surface area contributed by atoms with Crippen molar-refractivity contribution in [3.8, 4) is 5.75 Å². The lowest BCUT2D eigenvalue weighted by Crippen LogP contribution is -2.28. The number of ether oxygens (including phenoxy) is 1. The van der Waals surface area contributed by atoms with Crippen molar-refractivity contribution >= 4 is 34.3 Å². The van der Waals surface area contributed by atoms with Crippen LogP contribution in [0.4, 0.5) is 5.69 Å². The number of methoxy groups -OCH3 is 1. The van der Waals surface area contributed by atoms with E-state index in [1.165, 1.54) is 11.8 Å². The van der Waals surface area contributed by atoms with Gasteiger partial charge >= 0.3 is 0 Å². The van der Waals surface area contributed by atoms with Crippen molar-refractivity contribution in [2.24, 2.45) is 0 Å². The van der Waals surface area contributed by atoms with Gasteiger partial charge in [-0.25, -0.2) is 4.98 Å². The number of para-hydroxylation sites is 3. The van der Waals surface area contributed by atoms with Crippen molar-refractivity contribution in [2.75, 3.05) is 12.4 Å². The fourth-order valence-corrected chi connectivity index (χ4v) is 3.98. The molecule has 0 aliphatic rings. The van der Waals surface area contributed by atoms with E-state index in [1.54, 1.807) is 36.8 Å². The Morgan fingerprint density at radius 1 is 1.17 bits per heavy atom. The van der Waals surface area contributed by atoms with E-state index in [9.17, 15) is 9.59 Å². The highest BCUT2D eigenvalue weighted by Crippen LogP contribution is 2.28. The molecule has 2 atom stereocenters. The molecule has 6 nitrogen and oxygen atoms in total. The molecule has 0 saturated carbocycles. The summed E-state index contributed by atoms with van der Waals surface area (Å²) in [6.45, 7) is 5.82. The standard InChI is InChI=1S/C22H25N3O3S/c1-5-14(2)25-21(27)16-10-6-7-11-17(16)24-22(25)29-15(3)20(26)23-18-12-8-9-13-19(18)28-4/h6-15H,5H2,1-4H3,(H,23,26)/t14-,15+/m1/s1. The van der Waals surface area contributed by atoms with Crippen molar-refractivity contribution in [1.29, 1.82) is 0 Å². The van der Waals surface area contributed by atoms with Gasteiger partial charge in [-0.05, 0) is 44.5 Å². The van der Waals surface area contributed by atoms with Crippen LogP contribution < -0.4 is 15.6 Å². The SMILES string of the molecule is CC[C@@H](C)n1c(S[C@@H](C)C(=O)Nc2ccccc2OC)nc2ccccc2c1=O. The highest BCUT2D eigenvalue weighted by Gasteiger charge is 2.22. The number of anilines is 1. The molecule has 1 aromatic heterocycles. The molecule has 0 fully saturated rings. The summed E-state index contributed by atoms with van der Waals surface area (Å²) in [5, 5.41) is 3.57. The van der Waals surface area contributed by atoms with E-state index >= 15 is 0 Å². The number of benzene rings is 2. The number of nitrogens with one attached hydrogen (secondary N) is 1. The van der Waals surface area contributed by atoms with Crippen molar-refractivity contribution in [3.63, 3.8) is 0 Å². The molecule has 1 heterocycles. The van der Waals surface area contributed by atoms with E-state index < -0.39 is 5.25 Å². The summed E-state index contributed by atoms with van der Waals surface area (Å²) in [4.78, 5) is 30.5. The van der Waals surface area contributed by atoms with E-state index in [0.717, 1.165) is 6.42 Å². The lowest BCUT2D eigenvalue weighted by molar-refractivity contribution is -0.115. The first-order valence-corrected chi connectivity index (χ1v) is 10.5. The number of hydrogen-bond donors (Lipinski definition) is 1. The van der Waals surface area contributed by atoms with Gasteiger partial charge in [0.2, 0.25) is 5.91 Å². The predicted molar refractivity (Wildman–Crippen MR) is 118 cm³/mol. The van der Waals surface area contributed by atoms with Crippen LogP contribution >= 0.6 is 11.8 Å². The summed E-state index contributed by atoms with van der Waals surface area (Å²) in [6.07, 6.45) is 0.787. The van der Waals surface area contributed by atoms with Crippen LogP contribution in [0.5, 0.6) is 5.75 Å². The molecule has 0 bridgehead atoms. The summed E-state index contributed by atoms with van der Waals surface area (Å²) in [7, 11) is 1.56. The zero-order chi connectivity index (χ0) is 21.0. The molecular formula is C22H25N3O3S. The number of rotatable bonds is 7. The highest BCUT2D eigenvalue weighted by molar-refractivity contribution is 8.00. The molecule has 0 unspecified atom stereocenters. The minimum atomic E-state index is -0.455. The minimum absolute atomic E-state index is 0.0217. The normalized spacial score (nSPS) is 13.1. The Morgan fingerprint density at radius 3 is 2.59 bits per heavy atom. The highest BCUT2D eigenvalue weighted by atomic mass is 32.2. The van der Waals surface area contributed by atoms with Crippen LogP contribution in [-0.2, 0) is 4.79 Å². The van der Waals surface area contributed by atoms with Crippen LogP contribution in [0.1, 0.15) is 33.2 Å². The van der Waals surface area contributed by atoms with Crippen LogP contribution in [0.25, 0.3) is 10.9 Å². The maximum absolute atomic E-state index is 13.1. The third kappa shape index (κ3) is 4.45. The molecule has 0 radical (unpaired) electrons. The van der Waals surface area contributed by atoms with Crippen molar-refractivity contribution in [3.05, 3.63) is 58.9 Å². The van der Waals surface area contributed by atoms with Crippen molar-refractivity contribution in [1.82, 2.24) is 9.55 Å². The largest absolute Gasteiger partial charge is 0.495 e. The number of carbonyl (C=O) groups is 1. The molecule has 1 amide bonds. The van der Waals surface area contributed by atoms with Gasteiger partial charge in [-0.1, -0.05) is 43.0 Å². The Labute approximate surface area is 174 Å². The topological polar surface area (TPSA) is 73.2 Å². The predicted octanol–water partition coefficient (Wildman–Crippen LogP) is 4.50. The quantitative estimate of drug-likeness (QED) is 0.458. The Bertz CT molecular complexity index is 1080. The number of thioether (sulfide) groups is 1. The van der Waals surface area contributed by atoms with Crippen LogP contribution in [0, 0.1) is 0 Å². The van der Waals surface area contributed by atoms with E-state index in [-0.39, 0.29) is 17.5 Å². The molecule has 29 heavy (non-hydrogen) atoms. The first-order chi connectivity index (χ1) is 14.0. The van der Waals surface area contributed by atoms with E-state index in [1.807, 2.05) is 44.2 Å². The van der Waals surface area contributed by atoms with Gasteiger partial charge in [0.15, 0.2) is 5.16 Å². The van der Waals surface area contributed by atoms with Crippen molar-refractivity contribution in [2.45, 2.75) is 43.6 Å². The third-order valence-corrected chi connectivity index (χ3v) is 5.89. The average Bonchev–Trinajstić information content (AvgIpc) is 2.73. The lowest BCUT2D eigenvalue weighted by atomic mass is 10.2. The smallest absolute Gasteiger partial charge is 0.262 e. The van der Waals surface area contributed by atoms with Crippen LogP contribution in [0.15, 0.2) is 58.5 Å². The number of amides is 1. The summed E-state index contributed by atoms with van der Waals surface area (Å²) < 4.78 is 6.99. The molecule has 1 N–H and O–H groups in total. The molecule has 3 aromatic rings. The number of hydrogen-bond acceptors (Lipinski definition) is 5. The third-order valence-electron chi connectivity index (χ3n) is 4.82. The van der Waals surface area contributed by atoms with Gasteiger partial charge in [-0.15, -0.1) is 0 Å². The molecular weight excluding hydrogens is 386 g/mol. The Hall–Kier alpha value is -2.80. The average molecular weight is 412 g/mol. The van der Waals surface area contributed by atoms with Gasteiger partial charge < -0.3 is 10.1 Å². The van der Waals surface area contributed by atoms with Gasteiger partial charge in [0, 0.05) is 6.04 Å². The lowest BCUT2D eigenvalue weighted by Gasteiger charge is -2.20. The van der Waals surface area contributed by atoms with Crippen molar-refractivity contribution < 1.29 is 9.53 Å². The van der Waals surface area contributed by atoms with Gasteiger partial charge in [-0.2, -0.15) is 0 Å². The molecule has 0 spiro atoms. The maximum Gasteiger partial charge on any atom is 0.262 e. The number of carbonyl (C=O) groups excluding carboxylic acids is 1. The van der Waals surface area contributed by atoms with Gasteiger partial charge in [0.1, 0.15) is 5.75 Å². The van der Waals surface area contributed by atoms with E-state index in [4.69, 9.17) is 4.74 Å². The zero-order valence-electron chi connectivity index (χ0n) is 17.0. The Morgan fingerprint density at radius 2 is 1.86 bits per heavy atom. The maximum atomic E-state index is 13.1. The van der Waals surface area contributed by atoms with Gasteiger partial charge in [-0.3, -0.25) is 14.2 Å². The van der Waals surface area contributed by atoms with Crippen LogP contribution in [0.2, 0.25) is 0 Å². The Kier molecular flexibility index (Phi) is 6.59. The number of aromatic nitrogens is 2. The second-order valence-electron chi connectivity index (χ2n) is 6.79. The molecule has 0 aliphatic heterocycles. The van der Waals surface area contributed by atoms with Crippen LogP contribution in [0.3, 0.4) is 0 Å². The summed E-state index contributed by atoms with van der Waals surface area (Å²) in [5.74, 6) is 0.413. The molecule has 2 aromatic carbocycles. The molecule has 3 rings (SSSR count). The summed E-state index contributed by atoms with van der Waals surface area (Å²) in [6, 6.07) is 14.5. The number of fused-ring (bicyclic) bond motifs is 1. The summed E-state index contributed by atoms with van der Waals surface area (Å²) >= 11 is 1.28. The van der Waals surface area contributed by atoms with E-state index in [0.29, 0.717) is 27.5 Å². The fraction of sp³-hybridized carbons (Fsp3) is 0.318. The first kappa shape index (κ1) is 20.9. The zero-order valence-corrected chi connectivity index (χ0v) is 17.8. The molecule has 152 valence electrons. The number of nitrogens with zero attached hydrogens (tertiary/aromatic N) is 2. The van der Waals surface area contributed by atoms with Crippen LogP contribution in [-0.4, -0.2) is 27.8 Å². The molecule has 0 aliphatic carbocycles. The van der Waals surface area contributed by atoms with E-state index in [2.05, 4.69) is 10.3 Å². The molecule has 0 saturated heterocycles. The fourth-order valence-electron chi connectivity index (χ4n) is 2.97. The first-order valence-electron chi connectivity index (χ1n) is 9.58. The second kappa shape index (κ2) is 9.13. The Balaban J connectivity index is 1.92. The minimum Gasteiger partial charge on any atom is -0.495 e. The monoisotopic (exact) mass is 411 g/mol. The second-order valence-corrected chi connectivity index (χ2v) is 8.10. The van der Waals surface area contributed by atoms with Gasteiger partial charge in [0.25, 0.3) is 5.56 Å². The summed E-state index contributed by atoms with van der Waals surface area (Å²) in [5.41, 5.74) is 1.17. The molecule has 7 heteroatoms.